The maximum atomic E-state index is 6.65. The molecule has 2 aromatic heterocycles. The molecule has 1 fully saturated rings. The van der Waals surface area contributed by atoms with Crippen LogP contribution in [-0.4, -0.2) is 33.3 Å². The lowest BCUT2D eigenvalue weighted by molar-refractivity contribution is -0.0339. The highest BCUT2D eigenvalue weighted by Gasteiger charge is 2.40. The van der Waals surface area contributed by atoms with Crippen molar-refractivity contribution in [1.82, 2.24) is 14.5 Å². The van der Waals surface area contributed by atoms with Crippen LogP contribution in [0.25, 0.3) is 22.2 Å². The fraction of sp³-hybridized carbons (Fsp3) is 0.226. The van der Waals surface area contributed by atoms with Gasteiger partial charge in [0.15, 0.2) is 0 Å². The molecular formula is C31H28N4O3. The Morgan fingerprint density at radius 3 is 2.42 bits per heavy atom. The molecule has 3 atom stereocenters. The fourth-order valence-electron chi connectivity index (χ4n) is 5.31. The minimum Gasteiger partial charge on any atom is -0.491 e. The SMILES string of the molecule is Cc1ccc(OC[C@H]2O[C@@H](n3cc4c5c(ncnc53)Nc3ccccc3-4)C[C@@H]2Oc2ccc(C)cc2)cc1. The molecule has 7 heteroatoms. The lowest BCUT2D eigenvalue weighted by Gasteiger charge is -2.20. The molecule has 0 unspecified atom stereocenters. The van der Waals surface area contributed by atoms with E-state index >= 15 is 0 Å². The van der Waals surface area contributed by atoms with Gasteiger partial charge in [0.25, 0.3) is 0 Å². The number of para-hydroxylation sites is 1. The minimum atomic E-state index is -0.264. The van der Waals surface area contributed by atoms with Crippen molar-refractivity contribution < 1.29 is 14.2 Å². The number of aryl methyl sites for hydroxylation is 2. The van der Waals surface area contributed by atoms with E-state index in [4.69, 9.17) is 14.2 Å². The zero-order chi connectivity index (χ0) is 25.6. The normalized spacial score (nSPS) is 19.7. The van der Waals surface area contributed by atoms with E-state index in [1.807, 2.05) is 42.5 Å². The molecule has 0 saturated carbocycles. The van der Waals surface area contributed by atoms with Crippen molar-refractivity contribution in [3.05, 3.63) is 96.4 Å². The third-order valence-corrected chi connectivity index (χ3v) is 7.31. The Morgan fingerprint density at radius 2 is 1.63 bits per heavy atom. The molecule has 0 bridgehead atoms. The second-order valence-electron chi connectivity index (χ2n) is 10.00. The van der Waals surface area contributed by atoms with Crippen LogP contribution in [0.3, 0.4) is 0 Å². The summed E-state index contributed by atoms with van der Waals surface area (Å²) in [6.07, 6.45) is 3.69. The quantitative estimate of drug-likeness (QED) is 0.276. The molecule has 2 aliphatic rings. The van der Waals surface area contributed by atoms with Gasteiger partial charge in [-0.2, -0.15) is 0 Å². The maximum absolute atomic E-state index is 6.65. The first kappa shape index (κ1) is 22.8. The number of benzene rings is 3. The molecule has 2 aliphatic heterocycles. The van der Waals surface area contributed by atoms with Gasteiger partial charge in [0.2, 0.25) is 0 Å². The van der Waals surface area contributed by atoms with E-state index in [-0.39, 0.29) is 18.4 Å². The molecule has 4 heterocycles. The number of nitrogens with one attached hydrogen (secondary N) is 1. The van der Waals surface area contributed by atoms with Gasteiger partial charge in [-0.05, 0) is 44.2 Å². The summed E-state index contributed by atoms with van der Waals surface area (Å²) in [5, 5.41) is 4.46. The Bertz CT molecular complexity index is 1610. The van der Waals surface area contributed by atoms with Crippen LogP contribution in [0.1, 0.15) is 23.8 Å². The number of aromatic nitrogens is 3. The summed E-state index contributed by atoms with van der Waals surface area (Å²) < 4.78 is 21.4. The fourth-order valence-corrected chi connectivity index (χ4v) is 5.31. The zero-order valence-corrected chi connectivity index (χ0v) is 21.3. The van der Waals surface area contributed by atoms with Gasteiger partial charge in [-0.1, -0.05) is 53.6 Å². The highest BCUT2D eigenvalue weighted by Crippen LogP contribution is 2.45. The first-order valence-electron chi connectivity index (χ1n) is 12.9. The van der Waals surface area contributed by atoms with E-state index in [9.17, 15) is 0 Å². The largest absolute Gasteiger partial charge is 0.491 e. The van der Waals surface area contributed by atoms with Crippen molar-refractivity contribution in [3.63, 3.8) is 0 Å². The average Bonchev–Trinajstić information content (AvgIpc) is 3.52. The molecule has 7 rings (SSSR count). The van der Waals surface area contributed by atoms with Crippen LogP contribution < -0.4 is 14.8 Å². The number of rotatable bonds is 6. The first-order chi connectivity index (χ1) is 18.6. The van der Waals surface area contributed by atoms with Gasteiger partial charge in [-0.15, -0.1) is 0 Å². The van der Waals surface area contributed by atoms with E-state index in [1.54, 1.807) is 6.33 Å². The molecule has 190 valence electrons. The van der Waals surface area contributed by atoms with Crippen molar-refractivity contribution in [3.8, 4) is 22.6 Å². The predicted octanol–water partition coefficient (Wildman–Crippen LogP) is 6.59. The molecule has 0 spiro atoms. The molecule has 7 nitrogen and oxygen atoms in total. The highest BCUT2D eigenvalue weighted by atomic mass is 16.6. The molecule has 0 aliphatic carbocycles. The molecule has 0 amide bonds. The molecule has 0 radical (unpaired) electrons. The van der Waals surface area contributed by atoms with Gasteiger partial charge < -0.3 is 24.1 Å². The van der Waals surface area contributed by atoms with Crippen LogP contribution in [0.4, 0.5) is 11.5 Å². The van der Waals surface area contributed by atoms with Crippen molar-refractivity contribution in [1.29, 1.82) is 0 Å². The summed E-state index contributed by atoms with van der Waals surface area (Å²) in [4.78, 5) is 9.18. The molecular weight excluding hydrogens is 476 g/mol. The smallest absolute Gasteiger partial charge is 0.148 e. The Kier molecular flexibility index (Phi) is 5.51. The Morgan fingerprint density at radius 1 is 0.895 bits per heavy atom. The highest BCUT2D eigenvalue weighted by molar-refractivity contribution is 6.08. The van der Waals surface area contributed by atoms with Gasteiger partial charge in [0, 0.05) is 29.4 Å². The number of nitrogens with zero attached hydrogens (tertiary/aromatic N) is 3. The zero-order valence-electron chi connectivity index (χ0n) is 21.3. The second kappa shape index (κ2) is 9.19. The Balaban J connectivity index is 1.22. The van der Waals surface area contributed by atoms with Crippen molar-refractivity contribution in [2.45, 2.75) is 38.7 Å². The average molecular weight is 505 g/mol. The van der Waals surface area contributed by atoms with Crippen LogP contribution in [0.5, 0.6) is 11.5 Å². The second-order valence-corrected chi connectivity index (χ2v) is 10.00. The van der Waals surface area contributed by atoms with E-state index in [0.29, 0.717) is 13.0 Å². The summed E-state index contributed by atoms with van der Waals surface area (Å²) in [5.41, 5.74) is 6.49. The van der Waals surface area contributed by atoms with Gasteiger partial charge in [-0.25, -0.2) is 9.97 Å². The van der Waals surface area contributed by atoms with Gasteiger partial charge in [0.1, 0.15) is 54.3 Å². The lowest BCUT2D eigenvalue weighted by Crippen LogP contribution is -2.32. The molecule has 38 heavy (non-hydrogen) atoms. The van der Waals surface area contributed by atoms with Crippen LogP contribution >= 0.6 is 0 Å². The van der Waals surface area contributed by atoms with Gasteiger partial charge >= 0.3 is 0 Å². The van der Waals surface area contributed by atoms with Crippen LogP contribution in [0, 0.1) is 13.8 Å². The third kappa shape index (κ3) is 4.05. The van der Waals surface area contributed by atoms with E-state index in [2.05, 4.69) is 70.2 Å². The predicted molar refractivity (Wildman–Crippen MR) is 147 cm³/mol. The third-order valence-electron chi connectivity index (χ3n) is 7.31. The van der Waals surface area contributed by atoms with Crippen molar-refractivity contribution in [2.24, 2.45) is 0 Å². The summed E-state index contributed by atoms with van der Waals surface area (Å²) >= 11 is 0. The Hall–Kier alpha value is -4.36. The van der Waals surface area contributed by atoms with Crippen LogP contribution in [0.15, 0.2) is 85.3 Å². The van der Waals surface area contributed by atoms with Crippen molar-refractivity contribution >= 4 is 22.5 Å². The summed E-state index contributed by atoms with van der Waals surface area (Å²) in [5.74, 6) is 2.45. The van der Waals surface area contributed by atoms with E-state index < -0.39 is 0 Å². The van der Waals surface area contributed by atoms with E-state index in [0.717, 1.165) is 45.2 Å². The number of anilines is 2. The molecule has 1 saturated heterocycles. The van der Waals surface area contributed by atoms with Crippen LogP contribution in [0.2, 0.25) is 0 Å². The molecule has 5 aromatic rings. The van der Waals surface area contributed by atoms with Crippen LogP contribution in [-0.2, 0) is 4.74 Å². The van der Waals surface area contributed by atoms with Crippen molar-refractivity contribution in [2.75, 3.05) is 11.9 Å². The molecule has 3 aromatic carbocycles. The number of hydrogen-bond acceptors (Lipinski definition) is 6. The Labute approximate surface area is 221 Å². The maximum Gasteiger partial charge on any atom is 0.148 e. The van der Waals surface area contributed by atoms with Gasteiger partial charge in [0.05, 0.1) is 5.39 Å². The summed E-state index contributed by atoms with van der Waals surface area (Å²) in [6.45, 7) is 4.52. The monoisotopic (exact) mass is 504 g/mol. The first-order valence-corrected chi connectivity index (χ1v) is 12.9. The number of hydrogen-bond donors (Lipinski definition) is 1. The standard InChI is InChI=1S/C31H28N4O3/c1-19-7-11-21(12-8-19)36-17-27-26(37-22-13-9-20(2)10-14-22)15-28(38-27)35-16-24-23-5-3-4-6-25(23)34-30-29(24)31(35)33-18-32-30/h3-14,16,18,26-28H,15,17H2,1-2H3,(H,32,33,34)/t26-,27+,28+/m0/s1. The summed E-state index contributed by atoms with van der Waals surface area (Å²) in [7, 11) is 0. The number of ether oxygens (including phenoxy) is 3. The summed E-state index contributed by atoms with van der Waals surface area (Å²) in [6, 6.07) is 24.5. The molecule has 1 N–H and O–H groups in total. The number of fused-ring (bicyclic) bond motifs is 2. The van der Waals surface area contributed by atoms with E-state index in [1.165, 1.54) is 11.1 Å². The minimum absolute atomic E-state index is 0.189. The lowest BCUT2D eigenvalue weighted by atomic mass is 10.0. The van der Waals surface area contributed by atoms with Gasteiger partial charge in [-0.3, -0.25) is 0 Å². The topological polar surface area (TPSA) is 70.4 Å².